The molecule has 5 nitrogen and oxygen atoms in total. The van der Waals surface area contributed by atoms with Crippen molar-refractivity contribution >= 4 is 0 Å². The van der Waals surface area contributed by atoms with Gasteiger partial charge in [0, 0.05) is 33.4 Å². The molecule has 0 spiro atoms. The van der Waals surface area contributed by atoms with Crippen LogP contribution in [0, 0.1) is 5.92 Å². The number of fused-ring (bicyclic) bond motifs is 2. The quantitative estimate of drug-likeness (QED) is 0.146. The van der Waals surface area contributed by atoms with Crippen LogP contribution in [-0.2, 0) is 5.41 Å². The van der Waals surface area contributed by atoms with E-state index >= 15 is 0 Å². The first-order valence-electron chi connectivity index (χ1n) is 21.4. The Morgan fingerprint density at radius 3 is 1.26 bits per heavy atom. The lowest BCUT2D eigenvalue weighted by Crippen LogP contribution is -2.19. The van der Waals surface area contributed by atoms with Gasteiger partial charge in [-0.15, -0.1) is 0 Å². The number of hydrogen-bond acceptors (Lipinski definition) is 5. The fraction of sp³-hybridized carbons (Fsp3) is 0.125. The van der Waals surface area contributed by atoms with Crippen molar-refractivity contribution in [2.45, 2.75) is 37.5 Å². The minimum absolute atomic E-state index is 0.327. The third kappa shape index (κ3) is 7.33. The van der Waals surface area contributed by atoms with Gasteiger partial charge in [0.25, 0.3) is 0 Å². The number of rotatable bonds is 9. The second-order valence-electron chi connectivity index (χ2n) is 16.6. The van der Waals surface area contributed by atoms with Gasteiger partial charge in [-0.05, 0) is 95.5 Å². The monoisotopic (exact) mass is 785 g/mol. The number of benzene rings is 7. The first-order valence-corrected chi connectivity index (χ1v) is 21.4. The van der Waals surface area contributed by atoms with Crippen molar-refractivity contribution in [3.8, 4) is 90.3 Å². The van der Waals surface area contributed by atoms with E-state index in [1.54, 1.807) is 0 Å². The highest BCUT2D eigenvalue weighted by Gasteiger charge is 2.45. The van der Waals surface area contributed by atoms with Crippen molar-refractivity contribution in [3.63, 3.8) is 0 Å². The maximum atomic E-state index is 5.19. The smallest absolute Gasteiger partial charge is 0.164 e. The third-order valence-electron chi connectivity index (χ3n) is 12.8. The van der Waals surface area contributed by atoms with Gasteiger partial charge in [-0.1, -0.05) is 170 Å². The maximum Gasteiger partial charge on any atom is 0.164 e. The fourth-order valence-electron chi connectivity index (χ4n) is 9.55. The number of nitrogens with zero attached hydrogens (tertiary/aromatic N) is 5. The van der Waals surface area contributed by atoms with Crippen LogP contribution in [0.25, 0.3) is 90.3 Å². The summed E-state index contributed by atoms with van der Waals surface area (Å²) in [5.41, 5.74) is 14.1. The molecular formula is C56H43N5. The minimum atomic E-state index is 0.327. The van der Waals surface area contributed by atoms with Gasteiger partial charge < -0.3 is 0 Å². The predicted molar refractivity (Wildman–Crippen MR) is 247 cm³/mol. The molecule has 2 aliphatic rings. The first-order chi connectivity index (χ1) is 30.1. The van der Waals surface area contributed by atoms with Gasteiger partial charge in [-0.2, -0.15) is 0 Å². The Morgan fingerprint density at radius 2 is 0.705 bits per heavy atom. The molecule has 9 aromatic rings. The lowest BCUT2D eigenvalue weighted by molar-refractivity contribution is 0.419. The molecule has 0 unspecified atom stereocenters. The number of hydrogen-bond donors (Lipinski definition) is 0. The van der Waals surface area contributed by atoms with E-state index in [0.29, 0.717) is 22.9 Å². The third-order valence-corrected chi connectivity index (χ3v) is 12.8. The number of aromatic nitrogens is 5. The lowest BCUT2D eigenvalue weighted by Gasteiger charge is -2.27. The van der Waals surface area contributed by atoms with Crippen LogP contribution in [0.3, 0.4) is 0 Å². The van der Waals surface area contributed by atoms with Gasteiger partial charge in [0.15, 0.2) is 23.3 Å². The molecule has 0 aliphatic heterocycles. The fourth-order valence-corrected chi connectivity index (χ4v) is 9.55. The largest absolute Gasteiger partial charge is 0.228 e. The summed E-state index contributed by atoms with van der Waals surface area (Å²) in [6.07, 6.45) is 6.64. The van der Waals surface area contributed by atoms with Crippen LogP contribution in [0.2, 0.25) is 0 Å². The summed E-state index contributed by atoms with van der Waals surface area (Å²) >= 11 is 0. The van der Waals surface area contributed by atoms with Crippen LogP contribution >= 0.6 is 0 Å². The molecule has 2 fully saturated rings. The van der Waals surface area contributed by atoms with Crippen molar-refractivity contribution in [3.05, 3.63) is 200 Å². The summed E-state index contributed by atoms with van der Waals surface area (Å²) in [5.74, 6) is 3.51. The molecule has 2 bridgehead atoms. The zero-order chi connectivity index (χ0) is 40.6. The van der Waals surface area contributed by atoms with Gasteiger partial charge in [0.2, 0.25) is 0 Å². The van der Waals surface area contributed by atoms with Gasteiger partial charge in [-0.3, -0.25) is 0 Å². The summed E-state index contributed by atoms with van der Waals surface area (Å²) in [6.45, 7) is 0. The average molecular weight is 786 g/mol. The molecule has 2 aromatic heterocycles. The van der Waals surface area contributed by atoms with Crippen LogP contribution < -0.4 is 0 Å². The van der Waals surface area contributed by atoms with Crippen LogP contribution in [0.4, 0.5) is 0 Å². The molecule has 292 valence electrons. The molecule has 7 aromatic carbocycles. The summed E-state index contributed by atoms with van der Waals surface area (Å²) in [4.78, 5) is 25.4. The van der Waals surface area contributed by atoms with Crippen molar-refractivity contribution in [2.24, 2.45) is 5.92 Å². The summed E-state index contributed by atoms with van der Waals surface area (Å²) in [5, 5.41) is 0. The normalized spacial score (nSPS) is 16.8. The van der Waals surface area contributed by atoms with Crippen molar-refractivity contribution in [1.29, 1.82) is 0 Å². The molecule has 61 heavy (non-hydrogen) atoms. The predicted octanol–water partition coefficient (Wildman–Crippen LogP) is 13.8. The molecular weight excluding hydrogens is 743 g/mol. The Balaban J connectivity index is 0.941. The van der Waals surface area contributed by atoms with Crippen molar-refractivity contribution in [1.82, 2.24) is 24.9 Å². The first kappa shape index (κ1) is 36.7. The topological polar surface area (TPSA) is 64.5 Å². The van der Waals surface area contributed by atoms with E-state index in [1.807, 2.05) is 42.5 Å². The molecule has 11 rings (SSSR count). The summed E-state index contributed by atoms with van der Waals surface area (Å²) < 4.78 is 0. The van der Waals surface area contributed by atoms with Crippen LogP contribution in [-0.4, -0.2) is 24.9 Å². The molecule has 2 heterocycles. The van der Waals surface area contributed by atoms with E-state index in [-0.39, 0.29) is 0 Å². The molecule has 0 atom stereocenters. The zero-order valence-corrected chi connectivity index (χ0v) is 33.8. The Labute approximate surface area is 357 Å². The molecule has 0 N–H and O–H groups in total. The highest BCUT2D eigenvalue weighted by Crippen LogP contribution is 2.55. The van der Waals surface area contributed by atoms with E-state index < -0.39 is 0 Å². The second kappa shape index (κ2) is 15.7. The summed E-state index contributed by atoms with van der Waals surface area (Å²) in [6, 6.07) is 67.8. The Kier molecular flexibility index (Phi) is 9.42. The second-order valence-corrected chi connectivity index (χ2v) is 16.6. The van der Waals surface area contributed by atoms with Crippen LogP contribution in [0.1, 0.15) is 37.7 Å². The van der Waals surface area contributed by atoms with E-state index in [2.05, 4.69) is 152 Å². The molecule has 0 radical (unpaired) electrons. The molecule has 2 aliphatic carbocycles. The average Bonchev–Trinajstić information content (AvgIpc) is 3.98. The molecule has 0 saturated heterocycles. The van der Waals surface area contributed by atoms with E-state index in [9.17, 15) is 0 Å². The van der Waals surface area contributed by atoms with Crippen LogP contribution in [0.15, 0.2) is 194 Å². The van der Waals surface area contributed by atoms with Gasteiger partial charge in [0.1, 0.15) is 0 Å². The Bertz CT molecular complexity index is 2990. The Hall–Kier alpha value is -7.37. The summed E-state index contributed by atoms with van der Waals surface area (Å²) in [7, 11) is 0. The minimum Gasteiger partial charge on any atom is -0.228 e. The van der Waals surface area contributed by atoms with Gasteiger partial charge in [-0.25, -0.2) is 24.9 Å². The van der Waals surface area contributed by atoms with Crippen molar-refractivity contribution < 1.29 is 0 Å². The highest BCUT2D eigenvalue weighted by molar-refractivity contribution is 5.78. The highest BCUT2D eigenvalue weighted by atomic mass is 15.0. The van der Waals surface area contributed by atoms with Crippen LogP contribution in [0.5, 0.6) is 0 Å². The molecule has 2 saturated carbocycles. The van der Waals surface area contributed by atoms with E-state index in [4.69, 9.17) is 24.9 Å². The SMILES string of the molecule is c1ccc(-c2cccc(-c3nc(-c4ccccc4)nc(-c4ccc(-c5cccc(-c6cc(-c7cccc(C89CCC(CC8)C9)c7)nc(-c7ccccc7)n6)c5)cc4)n3)c2)cc1. The zero-order valence-electron chi connectivity index (χ0n) is 33.8. The molecule has 0 amide bonds. The van der Waals surface area contributed by atoms with Crippen molar-refractivity contribution in [2.75, 3.05) is 0 Å². The van der Waals surface area contributed by atoms with E-state index in [0.717, 1.165) is 78.8 Å². The van der Waals surface area contributed by atoms with Gasteiger partial charge >= 0.3 is 0 Å². The van der Waals surface area contributed by atoms with E-state index in [1.165, 1.54) is 37.7 Å². The van der Waals surface area contributed by atoms with Gasteiger partial charge in [0.05, 0.1) is 11.4 Å². The Morgan fingerprint density at radius 1 is 0.311 bits per heavy atom. The lowest BCUT2D eigenvalue weighted by atomic mass is 9.77. The standard InChI is InChI=1S/C56H43N5/c1-4-13-39(14-5-1)45-20-11-23-48(34-45)55-60-53(42-17-8-3-9-18-42)59-54(61-55)43-27-25-40(26-28-43)44-19-10-21-46(33-44)50-36-51(58-52(57-50)41-15-6-2-7-16-41)47-22-12-24-49(35-47)56-31-29-38(37-56)30-32-56/h1-28,33-36,38H,29-32,37H2. The maximum absolute atomic E-state index is 5.19. The molecule has 5 heteroatoms.